The van der Waals surface area contributed by atoms with Crippen molar-refractivity contribution in [2.24, 2.45) is 0 Å². The Hall–Kier alpha value is -2.70. The number of carboxylic acids is 1. The van der Waals surface area contributed by atoms with Crippen LogP contribution in [0.5, 0.6) is 0 Å². The molecule has 2 aromatic heterocycles. The van der Waals surface area contributed by atoms with E-state index in [9.17, 15) is 9.59 Å². The molecule has 98 valence electrons. The molecule has 19 heavy (non-hydrogen) atoms. The summed E-state index contributed by atoms with van der Waals surface area (Å²) in [6.45, 7) is 2.09. The van der Waals surface area contributed by atoms with Crippen LogP contribution in [0.4, 0.5) is 0 Å². The van der Waals surface area contributed by atoms with E-state index in [0.717, 1.165) is 11.3 Å². The highest BCUT2D eigenvalue weighted by atomic mass is 16.4. The molecule has 0 spiro atoms. The van der Waals surface area contributed by atoms with Gasteiger partial charge in [0.25, 0.3) is 5.91 Å². The lowest BCUT2D eigenvalue weighted by molar-refractivity contribution is 0.0690. The van der Waals surface area contributed by atoms with Crippen molar-refractivity contribution in [2.45, 2.75) is 13.5 Å². The molecule has 7 heteroatoms. The average molecular weight is 260 g/mol. The lowest BCUT2D eigenvalue weighted by Gasteiger charge is -2.06. The Bertz CT molecular complexity index is 621. The number of pyridine rings is 1. The second-order valence-corrected chi connectivity index (χ2v) is 3.91. The maximum absolute atomic E-state index is 11.9. The Morgan fingerprint density at radius 1 is 1.47 bits per heavy atom. The molecule has 2 aromatic rings. The van der Waals surface area contributed by atoms with Gasteiger partial charge in [0.1, 0.15) is 5.69 Å². The van der Waals surface area contributed by atoms with Crippen LogP contribution >= 0.6 is 0 Å². The predicted molar refractivity (Wildman–Crippen MR) is 65.7 cm³/mol. The normalized spacial score (nSPS) is 10.2. The van der Waals surface area contributed by atoms with E-state index in [4.69, 9.17) is 5.11 Å². The van der Waals surface area contributed by atoms with Gasteiger partial charge < -0.3 is 10.4 Å². The Morgan fingerprint density at radius 3 is 2.89 bits per heavy atom. The molecule has 0 saturated heterocycles. The first-order valence-corrected chi connectivity index (χ1v) is 5.55. The molecule has 0 aliphatic rings. The smallest absolute Gasteiger partial charge is 0.338 e. The first-order chi connectivity index (χ1) is 9.09. The summed E-state index contributed by atoms with van der Waals surface area (Å²) < 4.78 is 0. The van der Waals surface area contributed by atoms with Crippen LogP contribution in [0.25, 0.3) is 0 Å². The van der Waals surface area contributed by atoms with Crippen molar-refractivity contribution in [1.29, 1.82) is 0 Å². The minimum Gasteiger partial charge on any atom is -0.478 e. The predicted octanol–water partition coefficient (Wildman–Crippen LogP) is 0.741. The quantitative estimate of drug-likeness (QED) is 0.751. The first-order valence-electron chi connectivity index (χ1n) is 5.55. The highest BCUT2D eigenvalue weighted by Gasteiger charge is 2.17. The number of amides is 1. The van der Waals surface area contributed by atoms with Gasteiger partial charge in [0.2, 0.25) is 0 Å². The zero-order chi connectivity index (χ0) is 13.8. The van der Waals surface area contributed by atoms with Crippen molar-refractivity contribution in [3.63, 3.8) is 0 Å². The molecule has 0 radical (unpaired) electrons. The molecule has 0 aliphatic heterocycles. The van der Waals surface area contributed by atoms with Gasteiger partial charge in [-0.3, -0.25) is 14.9 Å². The fourth-order valence-corrected chi connectivity index (χ4v) is 1.57. The lowest BCUT2D eigenvalue weighted by Crippen LogP contribution is -2.26. The maximum Gasteiger partial charge on any atom is 0.338 e. The lowest BCUT2D eigenvalue weighted by atomic mass is 10.2. The third-order valence-corrected chi connectivity index (χ3v) is 2.63. The zero-order valence-corrected chi connectivity index (χ0v) is 10.2. The fourth-order valence-electron chi connectivity index (χ4n) is 1.57. The van der Waals surface area contributed by atoms with Crippen LogP contribution in [0, 0.1) is 6.92 Å². The van der Waals surface area contributed by atoms with Crippen LogP contribution in [0.3, 0.4) is 0 Å². The summed E-state index contributed by atoms with van der Waals surface area (Å²) in [4.78, 5) is 26.7. The zero-order valence-electron chi connectivity index (χ0n) is 10.2. The number of nitrogens with one attached hydrogen (secondary N) is 2. The van der Waals surface area contributed by atoms with Gasteiger partial charge in [0.05, 0.1) is 11.8 Å². The maximum atomic E-state index is 11.9. The van der Waals surface area contributed by atoms with Gasteiger partial charge >= 0.3 is 5.97 Å². The van der Waals surface area contributed by atoms with E-state index in [1.807, 2.05) is 6.92 Å². The van der Waals surface area contributed by atoms with Gasteiger partial charge in [-0.05, 0) is 19.1 Å². The third-order valence-electron chi connectivity index (χ3n) is 2.63. The SMILES string of the molecule is Cc1[nH]ncc1CNC(=O)c1ncccc1C(=O)O. The Labute approximate surface area is 108 Å². The van der Waals surface area contributed by atoms with Gasteiger partial charge in [-0.25, -0.2) is 4.79 Å². The number of aromatic amines is 1. The number of carbonyl (C=O) groups is 2. The van der Waals surface area contributed by atoms with Crippen LogP contribution in [0.15, 0.2) is 24.5 Å². The van der Waals surface area contributed by atoms with Gasteiger partial charge in [0, 0.05) is 24.0 Å². The Balaban J connectivity index is 2.13. The second kappa shape index (κ2) is 5.30. The third kappa shape index (κ3) is 2.76. The number of aryl methyl sites for hydroxylation is 1. The summed E-state index contributed by atoms with van der Waals surface area (Å²) in [7, 11) is 0. The number of nitrogens with zero attached hydrogens (tertiary/aromatic N) is 2. The number of hydrogen-bond donors (Lipinski definition) is 3. The van der Waals surface area contributed by atoms with E-state index in [0.29, 0.717) is 0 Å². The standard InChI is InChI=1S/C12H12N4O3/c1-7-8(6-15-16-7)5-14-11(17)10-9(12(18)19)3-2-4-13-10/h2-4,6H,5H2,1H3,(H,14,17)(H,15,16)(H,18,19). The Kier molecular flexibility index (Phi) is 3.56. The van der Waals surface area contributed by atoms with E-state index in [2.05, 4.69) is 20.5 Å². The van der Waals surface area contributed by atoms with Crippen LogP contribution < -0.4 is 5.32 Å². The number of hydrogen-bond acceptors (Lipinski definition) is 4. The minimum absolute atomic E-state index is 0.101. The van der Waals surface area contributed by atoms with Crippen molar-refractivity contribution < 1.29 is 14.7 Å². The number of rotatable bonds is 4. The van der Waals surface area contributed by atoms with Gasteiger partial charge in [0.15, 0.2) is 0 Å². The molecule has 0 aromatic carbocycles. The number of carbonyl (C=O) groups excluding carboxylic acids is 1. The van der Waals surface area contributed by atoms with Crippen molar-refractivity contribution in [3.05, 3.63) is 47.0 Å². The molecule has 0 saturated carbocycles. The van der Waals surface area contributed by atoms with Crippen molar-refractivity contribution in [3.8, 4) is 0 Å². The second-order valence-electron chi connectivity index (χ2n) is 3.91. The van der Waals surface area contributed by atoms with Crippen LogP contribution in [0.2, 0.25) is 0 Å². The van der Waals surface area contributed by atoms with Crippen molar-refractivity contribution >= 4 is 11.9 Å². The number of aromatic carboxylic acids is 1. The number of H-pyrrole nitrogens is 1. The number of carboxylic acid groups (broad SMARTS) is 1. The summed E-state index contributed by atoms with van der Waals surface area (Å²) in [5.41, 5.74) is 1.46. The first kappa shape index (κ1) is 12.7. The molecule has 0 unspecified atom stereocenters. The van der Waals surface area contributed by atoms with Crippen LogP contribution in [-0.2, 0) is 6.54 Å². The molecule has 0 aliphatic carbocycles. The van der Waals surface area contributed by atoms with E-state index in [-0.39, 0.29) is 17.8 Å². The monoisotopic (exact) mass is 260 g/mol. The minimum atomic E-state index is -1.18. The molecular weight excluding hydrogens is 248 g/mol. The van der Waals surface area contributed by atoms with Crippen molar-refractivity contribution in [1.82, 2.24) is 20.5 Å². The summed E-state index contributed by atoms with van der Waals surface area (Å²) in [5, 5.41) is 18.2. The summed E-state index contributed by atoms with van der Waals surface area (Å²) in [6.07, 6.45) is 2.98. The van der Waals surface area contributed by atoms with E-state index < -0.39 is 11.9 Å². The van der Waals surface area contributed by atoms with Crippen LogP contribution in [0.1, 0.15) is 32.1 Å². The molecule has 3 N–H and O–H groups in total. The molecule has 2 rings (SSSR count). The molecule has 7 nitrogen and oxygen atoms in total. The summed E-state index contributed by atoms with van der Waals surface area (Å²) in [5.74, 6) is -1.71. The molecule has 2 heterocycles. The number of aromatic nitrogens is 3. The topological polar surface area (TPSA) is 108 Å². The molecule has 0 bridgehead atoms. The largest absolute Gasteiger partial charge is 0.478 e. The summed E-state index contributed by atoms with van der Waals surface area (Å²) >= 11 is 0. The molecule has 1 amide bonds. The summed E-state index contributed by atoms with van der Waals surface area (Å²) in [6, 6.07) is 2.81. The Morgan fingerprint density at radius 2 is 2.26 bits per heavy atom. The average Bonchev–Trinajstić information content (AvgIpc) is 2.81. The molecule has 0 fully saturated rings. The van der Waals surface area contributed by atoms with E-state index in [1.165, 1.54) is 18.3 Å². The highest BCUT2D eigenvalue weighted by Crippen LogP contribution is 2.07. The highest BCUT2D eigenvalue weighted by molar-refractivity contribution is 6.03. The van der Waals surface area contributed by atoms with E-state index >= 15 is 0 Å². The van der Waals surface area contributed by atoms with Crippen molar-refractivity contribution in [2.75, 3.05) is 0 Å². The molecular formula is C12H12N4O3. The molecule has 0 atom stereocenters. The fraction of sp³-hybridized carbons (Fsp3) is 0.167. The van der Waals surface area contributed by atoms with Crippen LogP contribution in [-0.4, -0.2) is 32.2 Å². The van der Waals surface area contributed by atoms with E-state index in [1.54, 1.807) is 6.20 Å². The van der Waals surface area contributed by atoms with Gasteiger partial charge in [-0.1, -0.05) is 0 Å². The van der Waals surface area contributed by atoms with Gasteiger partial charge in [-0.2, -0.15) is 5.10 Å². The van der Waals surface area contributed by atoms with Gasteiger partial charge in [-0.15, -0.1) is 0 Å².